The van der Waals surface area contributed by atoms with Crippen molar-refractivity contribution < 1.29 is 13.9 Å². The summed E-state index contributed by atoms with van der Waals surface area (Å²) in [4.78, 5) is 14.6. The molecule has 128 valence electrons. The highest BCUT2D eigenvalue weighted by Gasteiger charge is 2.37. The number of amides is 1. The molecule has 0 aliphatic carbocycles. The van der Waals surface area contributed by atoms with Gasteiger partial charge in [-0.05, 0) is 49.8 Å². The fraction of sp³-hybridized carbons (Fsp3) is 0.588. The Morgan fingerprint density at radius 3 is 2.65 bits per heavy atom. The summed E-state index contributed by atoms with van der Waals surface area (Å²) in [6.07, 6.45) is 4.11. The van der Waals surface area contributed by atoms with E-state index in [9.17, 15) is 9.18 Å². The quantitative estimate of drug-likeness (QED) is 0.913. The molecule has 0 radical (unpaired) electrons. The molecule has 0 bridgehead atoms. The molecule has 2 saturated heterocycles. The third-order valence-corrected chi connectivity index (χ3v) is 4.69. The third-order valence-electron chi connectivity index (χ3n) is 4.69. The SMILES string of the molecule is Cl.NC[C@H]1CC[C@@H](C(=O)N2CCCC2Cc2ccc(F)cc2)O1. The highest BCUT2D eigenvalue weighted by molar-refractivity contribution is 5.85. The first-order valence-electron chi connectivity index (χ1n) is 8.08. The van der Waals surface area contributed by atoms with Gasteiger partial charge in [0.05, 0.1) is 6.10 Å². The molecule has 2 heterocycles. The molecule has 1 amide bonds. The summed E-state index contributed by atoms with van der Waals surface area (Å²) >= 11 is 0. The van der Waals surface area contributed by atoms with Crippen molar-refractivity contribution in [2.45, 2.75) is 50.4 Å². The number of rotatable bonds is 4. The fourth-order valence-electron chi connectivity index (χ4n) is 3.48. The number of nitrogens with zero attached hydrogens (tertiary/aromatic N) is 1. The van der Waals surface area contributed by atoms with Crippen LogP contribution in [0, 0.1) is 5.82 Å². The van der Waals surface area contributed by atoms with Crippen molar-refractivity contribution in [2.75, 3.05) is 13.1 Å². The minimum atomic E-state index is -0.331. The third kappa shape index (κ3) is 4.22. The predicted octanol–water partition coefficient (Wildman–Crippen LogP) is 2.29. The number of likely N-dealkylation sites (tertiary alicyclic amines) is 1. The zero-order chi connectivity index (χ0) is 15.5. The highest BCUT2D eigenvalue weighted by Crippen LogP contribution is 2.27. The number of benzene rings is 1. The van der Waals surface area contributed by atoms with Crippen molar-refractivity contribution in [2.24, 2.45) is 5.73 Å². The first-order chi connectivity index (χ1) is 10.7. The predicted molar refractivity (Wildman–Crippen MR) is 89.0 cm³/mol. The Morgan fingerprint density at radius 1 is 1.26 bits per heavy atom. The van der Waals surface area contributed by atoms with Crippen molar-refractivity contribution in [1.82, 2.24) is 4.90 Å². The molecule has 0 aromatic heterocycles. The first-order valence-corrected chi connectivity index (χ1v) is 8.08. The van der Waals surface area contributed by atoms with Crippen LogP contribution in [0.3, 0.4) is 0 Å². The average Bonchev–Trinajstić information content (AvgIpc) is 3.18. The molecule has 2 fully saturated rings. The van der Waals surface area contributed by atoms with Gasteiger partial charge in [-0.1, -0.05) is 12.1 Å². The molecule has 23 heavy (non-hydrogen) atoms. The maximum absolute atomic E-state index is 13.0. The van der Waals surface area contributed by atoms with E-state index in [2.05, 4.69) is 0 Å². The van der Waals surface area contributed by atoms with E-state index in [-0.39, 0.29) is 42.4 Å². The van der Waals surface area contributed by atoms with Crippen LogP contribution in [0.25, 0.3) is 0 Å². The molecule has 0 saturated carbocycles. The topological polar surface area (TPSA) is 55.6 Å². The molecule has 2 aliphatic heterocycles. The summed E-state index contributed by atoms with van der Waals surface area (Å²) in [6.45, 7) is 1.26. The van der Waals surface area contributed by atoms with Crippen molar-refractivity contribution >= 4 is 18.3 Å². The smallest absolute Gasteiger partial charge is 0.251 e. The van der Waals surface area contributed by atoms with Crippen molar-refractivity contribution in [3.63, 3.8) is 0 Å². The second-order valence-electron chi connectivity index (χ2n) is 6.22. The van der Waals surface area contributed by atoms with Gasteiger partial charge in [-0.15, -0.1) is 12.4 Å². The lowest BCUT2D eigenvalue weighted by Gasteiger charge is -2.27. The minimum absolute atomic E-state index is 0. The van der Waals surface area contributed by atoms with Crippen molar-refractivity contribution in [1.29, 1.82) is 0 Å². The monoisotopic (exact) mass is 342 g/mol. The van der Waals surface area contributed by atoms with Crippen LogP contribution in [-0.4, -0.2) is 42.1 Å². The van der Waals surface area contributed by atoms with Crippen molar-refractivity contribution in [3.8, 4) is 0 Å². The largest absolute Gasteiger partial charge is 0.364 e. The first kappa shape index (κ1) is 18.2. The van der Waals surface area contributed by atoms with E-state index < -0.39 is 0 Å². The van der Waals surface area contributed by atoms with Crippen LogP contribution >= 0.6 is 12.4 Å². The van der Waals surface area contributed by atoms with Crippen LogP contribution in [0.1, 0.15) is 31.2 Å². The minimum Gasteiger partial charge on any atom is -0.364 e. The van der Waals surface area contributed by atoms with E-state index in [0.717, 1.165) is 44.2 Å². The van der Waals surface area contributed by atoms with E-state index in [4.69, 9.17) is 10.5 Å². The van der Waals surface area contributed by atoms with Crippen LogP contribution in [0.2, 0.25) is 0 Å². The Labute approximate surface area is 142 Å². The Morgan fingerprint density at radius 2 is 2.00 bits per heavy atom. The molecular formula is C17H24ClFN2O2. The Hall–Kier alpha value is -1.17. The zero-order valence-electron chi connectivity index (χ0n) is 13.1. The maximum atomic E-state index is 13.0. The molecule has 3 rings (SSSR count). The van der Waals surface area contributed by atoms with Crippen LogP contribution in [0.4, 0.5) is 4.39 Å². The maximum Gasteiger partial charge on any atom is 0.251 e. The van der Waals surface area contributed by atoms with Gasteiger partial charge in [0.1, 0.15) is 11.9 Å². The molecule has 4 nitrogen and oxygen atoms in total. The summed E-state index contributed by atoms with van der Waals surface area (Å²) in [7, 11) is 0. The van der Waals surface area contributed by atoms with Crippen LogP contribution in [0.15, 0.2) is 24.3 Å². The molecule has 2 N–H and O–H groups in total. The number of hydrogen-bond donors (Lipinski definition) is 1. The standard InChI is InChI=1S/C17H23FN2O2.ClH/c18-13-5-3-12(4-6-13)10-14-2-1-9-20(14)17(21)16-8-7-15(11-19)22-16;/h3-6,14-16H,1-2,7-11,19H2;1H/t14?,15-,16+;/m1./s1. The van der Waals surface area contributed by atoms with Crippen LogP contribution < -0.4 is 5.73 Å². The van der Waals surface area contributed by atoms with E-state index >= 15 is 0 Å². The number of carbonyl (C=O) groups excluding carboxylic acids is 1. The lowest BCUT2D eigenvalue weighted by molar-refractivity contribution is -0.143. The van der Waals surface area contributed by atoms with Gasteiger partial charge in [-0.3, -0.25) is 4.79 Å². The molecule has 6 heteroatoms. The molecule has 1 aromatic carbocycles. The molecule has 3 atom stereocenters. The Balaban J connectivity index is 0.00000192. The number of nitrogens with two attached hydrogens (primary N) is 1. The molecule has 1 unspecified atom stereocenters. The van der Waals surface area contributed by atoms with Gasteiger partial charge in [0.25, 0.3) is 5.91 Å². The van der Waals surface area contributed by atoms with Crippen LogP contribution in [0.5, 0.6) is 0 Å². The number of ether oxygens (including phenoxy) is 1. The second kappa shape index (κ2) is 8.08. The molecular weight excluding hydrogens is 319 g/mol. The average molecular weight is 343 g/mol. The van der Waals surface area contributed by atoms with E-state index in [0.29, 0.717) is 6.54 Å². The molecule has 1 aromatic rings. The van der Waals surface area contributed by atoms with E-state index in [1.54, 1.807) is 12.1 Å². The summed E-state index contributed by atoms with van der Waals surface area (Å²) in [5.41, 5.74) is 6.68. The summed E-state index contributed by atoms with van der Waals surface area (Å²) < 4.78 is 18.7. The zero-order valence-corrected chi connectivity index (χ0v) is 13.9. The lowest BCUT2D eigenvalue weighted by atomic mass is 10.0. The molecule has 2 aliphatic rings. The normalized spacial score (nSPS) is 27.0. The number of halogens is 2. The van der Waals surface area contributed by atoms with Gasteiger partial charge >= 0.3 is 0 Å². The fourth-order valence-corrected chi connectivity index (χ4v) is 3.48. The summed E-state index contributed by atoms with van der Waals surface area (Å²) in [5.74, 6) is -0.129. The molecule has 0 spiro atoms. The highest BCUT2D eigenvalue weighted by atomic mass is 35.5. The lowest BCUT2D eigenvalue weighted by Crippen LogP contribution is -2.43. The second-order valence-corrected chi connectivity index (χ2v) is 6.22. The van der Waals surface area contributed by atoms with Gasteiger partial charge in [0, 0.05) is 19.1 Å². The van der Waals surface area contributed by atoms with Gasteiger partial charge in [0.15, 0.2) is 0 Å². The summed E-state index contributed by atoms with van der Waals surface area (Å²) in [5, 5.41) is 0. The van der Waals surface area contributed by atoms with E-state index in [1.165, 1.54) is 12.1 Å². The number of hydrogen-bond acceptors (Lipinski definition) is 3. The van der Waals surface area contributed by atoms with Gasteiger partial charge in [0.2, 0.25) is 0 Å². The van der Waals surface area contributed by atoms with Gasteiger partial charge < -0.3 is 15.4 Å². The van der Waals surface area contributed by atoms with Gasteiger partial charge in [-0.2, -0.15) is 0 Å². The Bertz CT molecular complexity index is 526. The van der Waals surface area contributed by atoms with Crippen molar-refractivity contribution in [3.05, 3.63) is 35.6 Å². The van der Waals surface area contributed by atoms with Gasteiger partial charge in [-0.25, -0.2) is 4.39 Å². The van der Waals surface area contributed by atoms with E-state index in [1.807, 2.05) is 4.90 Å². The van der Waals surface area contributed by atoms with Crippen LogP contribution in [-0.2, 0) is 16.0 Å². The Kier molecular flexibility index (Phi) is 6.39. The number of carbonyl (C=O) groups is 1. The summed E-state index contributed by atoms with van der Waals surface area (Å²) in [6, 6.07) is 6.74.